The maximum atomic E-state index is 14.1. The van der Waals surface area contributed by atoms with Crippen molar-refractivity contribution in [2.24, 2.45) is 23.3 Å². The van der Waals surface area contributed by atoms with Crippen LogP contribution in [0.1, 0.15) is 106 Å². The summed E-state index contributed by atoms with van der Waals surface area (Å²) in [6.45, 7) is 8.63. The van der Waals surface area contributed by atoms with Gasteiger partial charge in [0.2, 0.25) is 53.2 Å². The number of carboxylic acid groups (broad SMARTS) is 4. The molecule has 0 radical (unpaired) electrons. The van der Waals surface area contributed by atoms with E-state index in [4.69, 9.17) is 16.6 Å². The molecule has 1 saturated heterocycles. The number of carbonyl (C=O) groups excluding carboxylic acids is 9. The van der Waals surface area contributed by atoms with Crippen LogP contribution in [-0.4, -0.2) is 186 Å². The van der Waals surface area contributed by atoms with Crippen LogP contribution in [0, 0.1) is 11.8 Å². The Morgan fingerprint density at radius 2 is 0.972 bits per heavy atom. The molecule has 0 aromatic rings. The van der Waals surface area contributed by atoms with Crippen molar-refractivity contribution in [3.63, 3.8) is 0 Å². The highest BCUT2D eigenvalue weighted by molar-refractivity contribution is 5.99. The maximum Gasteiger partial charge on any atom is 0.326 e. The number of amides is 9. The summed E-state index contributed by atoms with van der Waals surface area (Å²) in [6.07, 6.45) is -7.62. The summed E-state index contributed by atoms with van der Waals surface area (Å²) in [5.41, 5.74) is 11.0. The quantitative estimate of drug-likeness (QED) is 0.0299. The third-order valence-electron chi connectivity index (χ3n) is 10.9. The van der Waals surface area contributed by atoms with E-state index in [0.29, 0.717) is 0 Å². The number of aliphatic hydroxyl groups is 2. The molecular formula is C43H70N10O19. The second-order valence-corrected chi connectivity index (χ2v) is 18.3. The summed E-state index contributed by atoms with van der Waals surface area (Å²) >= 11 is 0. The van der Waals surface area contributed by atoms with Crippen LogP contribution in [0.15, 0.2) is 0 Å². The molecule has 0 aromatic heterocycles. The smallest absolute Gasteiger partial charge is 0.326 e. The van der Waals surface area contributed by atoms with E-state index >= 15 is 0 Å². The third-order valence-corrected chi connectivity index (χ3v) is 10.9. The first-order chi connectivity index (χ1) is 33.4. The molecule has 406 valence electrons. The van der Waals surface area contributed by atoms with Gasteiger partial charge in [-0.05, 0) is 64.2 Å². The van der Waals surface area contributed by atoms with Crippen LogP contribution in [-0.2, 0) is 62.3 Å². The summed E-state index contributed by atoms with van der Waals surface area (Å²) < 4.78 is 0. The zero-order chi connectivity index (χ0) is 55.3. The number of likely N-dealkylation sites (tertiary alicyclic amines) is 1. The predicted octanol–water partition coefficient (Wildman–Crippen LogP) is -5.28. The Balaban J connectivity index is 3.41. The molecule has 11 atom stereocenters. The normalized spacial score (nSPS) is 17.5. The number of aliphatic carboxylic acids is 4. The first-order valence-electron chi connectivity index (χ1n) is 23.1. The second kappa shape index (κ2) is 30.0. The minimum atomic E-state index is -2.02. The van der Waals surface area contributed by atoms with E-state index in [-0.39, 0.29) is 50.5 Å². The number of rotatable bonds is 32. The van der Waals surface area contributed by atoms with Crippen LogP contribution in [0.3, 0.4) is 0 Å². The molecule has 0 aliphatic carbocycles. The zero-order valence-electron chi connectivity index (χ0n) is 40.9. The van der Waals surface area contributed by atoms with Crippen molar-refractivity contribution in [1.82, 2.24) is 42.1 Å². The van der Waals surface area contributed by atoms with Gasteiger partial charge in [0.15, 0.2) is 0 Å². The first kappa shape index (κ1) is 63.0. The highest BCUT2D eigenvalue weighted by Gasteiger charge is 2.41. The zero-order valence-corrected chi connectivity index (χ0v) is 40.9. The lowest BCUT2D eigenvalue weighted by molar-refractivity contribution is -0.144. The van der Waals surface area contributed by atoms with Crippen molar-refractivity contribution in [2.75, 3.05) is 6.54 Å². The predicted molar refractivity (Wildman–Crippen MR) is 246 cm³/mol. The van der Waals surface area contributed by atoms with E-state index in [9.17, 15) is 87.9 Å². The molecule has 1 heterocycles. The van der Waals surface area contributed by atoms with Crippen LogP contribution >= 0.6 is 0 Å². The van der Waals surface area contributed by atoms with Crippen molar-refractivity contribution in [3.8, 4) is 0 Å². The Hall–Kier alpha value is -7.01. The average Bonchev–Trinajstić information content (AvgIpc) is 3.75. The van der Waals surface area contributed by atoms with Gasteiger partial charge in [0.25, 0.3) is 0 Å². The molecule has 1 aliphatic heterocycles. The van der Waals surface area contributed by atoms with Crippen LogP contribution in [0.4, 0.5) is 0 Å². The monoisotopic (exact) mass is 1030 g/mol. The standard InChI is InChI=1S/C43H70N10O19/c1-18(2)14-25(48-35(63)22(44)16-31(59)60)37(65)47-24(9-11-29(45)56)42(70)53-13-7-8-28(53)39(67)46-23(10-12-30(57)58)36(64)51-34(21(6)55)41(69)52-33(20(5)54)40(68)49-26(17-32(61)62)38(66)50-27(43(71)72)15-19(3)4/h18-28,33-34,54-55H,7-17,44H2,1-6H3,(H2,45,56)(H,46,67)(H,47,65)(H,48,63)(H,49,68)(H,50,66)(H,51,64)(H,52,69)(H,57,58)(H,59,60)(H,61,62)(H,71,72)/t20-,21-,22+,23+,24+,25+,26+,27+,28+,33+,34+/m1/s1. The fourth-order valence-electron chi connectivity index (χ4n) is 7.30. The highest BCUT2D eigenvalue weighted by atomic mass is 16.4. The molecule has 0 unspecified atom stereocenters. The molecule has 0 bridgehead atoms. The molecule has 72 heavy (non-hydrogen) atoms. The molecule has 1 aliphatic rings. The van der Waals surface area contributed by atoms with Gasteiger partial charge < -0.3 is 84.2 Å². The summed E-state index contributed by atoms with van der Waals surface area (Å²) in [7, 11) is 0. The molecule has 17 N–H and O–H groups in total. The van der Waals surface area contributed by atoms with E-state index < -0.39 is 176 Å². The lowest BCUT2D eigenvalue weighted by Gasteiger charge is -2.31. The number of hydrogen-bond acceptors (Lipinski definition) is 16. The number of carboxylic acids is 4. The van der Waals surface area contributed by atoms with E-state index in [2.05, 4.69) is 31.9 Å². The number of hydrogen-bond donors (Lipinski definition) is 15. The third kappa shape index (κ3) is 22.0. The van der Waals surface area contributed by atoms with Gasteiger partial charge in [-0.2, -0.15) is 0 Å². The molecule has 29 nitrogen and oxygen atoms in total. The number of carbonyl (C=O) groups is 13. The SMILES string of the molecule is CC(C)C[C@H](NC(=O)[C@H](CC(=O)O)NC(=O)[C@@H](NC(=O)[C@@H](NC(=O)[C@H](CCC(=O)O)NC(=O)[C@@H]1CCCN1C(=O)[C@H](CCC(N)=O)NC(=O)[C@H](CC(C)C)NC(=O)[C@@H](N)CC(=O)O)[C@@H](C)O)[C@@H](C)O)C(=O)O. The molecule has 1 rings (SSSR count). The van der Waals surface area contributed by atoms with Crippen molar-refractivity contribution in [3.05, 3.63) is 0 Å². The number of nitrogens with one attached hydrogen (secondary N) is 7. The second-order valence-electron chi connectivity index (χ2n) is 18.3. The molecule has 0 spiro atoms. The van der Waals surface area contributed by atoms with E-state index in [1.807, 2.05) is 5.32 Å². The van der Waals surface area contributed by atoms with Crippen molar-refractivity contribution in [1.29, 1.82) is 0 Å². The van der Waals surface area contributed by atoms with Crippen LogP contribution in [0.25, 0.3) is 0 Å². The molecule has 29 heteroatoms. The number of nitrogens with zero attached hydrogens (tertiary/aromatic N) is 1. The van der Waals surface area contributed by atoms with Gasteiger partial charge >= 0.3 is 23.9 Å². The van der Waals surface area contributed by atoms with Crippen molar-refractivity contribution < 1.29 is 93.0 Å². The van der Waals surface area contributed by atoms with Gasteiger partial charge in [0.1, 0.15) is 48.3 Å². The molecule has 0 saturated carbocycles. The van der Waals surface area contributed by atoms with Gasteiger partial charge in [-0.3, -0.25) is 57.5 Å². The van der Waals surface area contributed by atoms with Gasteiger partial charge in [0.05, 0.1) is 31.1 Å². The van der Waals surface area contributed by atoms with Gasteiger partial charge in [-0.1, -0.05) is 27.7 Å². The lowest BCUT2D eigenvalue weighted by Crippen LogP contribution is -2.63. The molecule has 0 aromatic carbocycles. The summed E-state index contributed by atoms with van der Waals surface area (Å²) in [5.74, 6) is -16.3. The van der Waals surface area contributed by atoms with Crippen molar-refractivity contribution in [2.45, 2.75) is 172 Å². The topological polar surface area (TPSA) is 483 Å². The Kier molecular flexibility index (Phi) is 26.3. The van der Waals surface area contributed by atoms with E-state index in [0.717, 1.165) is 18.7 Å². The minimum Gasteiger partial charge on any atom is -0.481 e. The summed E-state index contributed by atoms with van der Waals surface area (Å²) in [5, 5.41) is 74.2. The van der Waals surface area contributed by atoms with Crippen LogP contribution in [0.2, 0.25) is 0 Å². The summed E-state index contributed by atoms with van der Waals surface area (Å²) in [6, 6.07) is -15.1. The Morgan fingerprint density at radius 3 is 1.46 bits per heavy atom. The van der Waals surface area contributed by atoms with Gasteiger partial charge in [-0.25, -0.2) is 4.79 Å². The molecule has 9 amide bonds. The van der Waals surface area contributed by atoms with Crippen LogP contribution in [0.5, 0.6) is 0 Å². The minimum absolute atomic E-state index is 0.0115. The molecule has 1 fully saturated rings. The fourth-order valence-corrected chi connectivity index (χ4v) is 7.30. The Bertz CT molecular complexity index is 2000. The largest absolute Gasteiger partial charge is 0.481 e. The van der Waals surface area contributed by atoms with E-state index in [1.165, 1.54) is 0 Å². The van der Waals surface area contributed by atoms with Crippen LogP contribution < -0.4 is 48.7 Å². The van der Waals surface area contributed by atoms with Gasteiger partial charge in [0, 0.05) is 19.4 Å². The first-order valence-corrected chi connectivity index (χ1v) is 23.1. The van der Waals surface area contributed by atoms with E-state index in [1.54, 1.807) is 27.7 Å². The van der Waals surface area contributed by atoms with Gasteiger partial charge in [-0.15, -0.1) is 0 Å². The molecular weight excluding hydrogens is 961 g/mol. The lowest BCUT2D eigenvalue weighted by atomic mass is 10.0. The Labute approximate surface area is 413 Å². The number of nitrogens with two attached hydrogens (primary N) is 2. The number of aliphatic hydroxyl groups excluding tert-OH is 2. The van der Waals surface area contributed by atoms with Crippen molar-refractivity contribution >= 4 is 77.0 Å². The average molecular weight is 1030 g/mol. The number of primary amides is 1. The highest BCUT2D eigenvalue weighted by Crippen LogP contribution is 2.21. The summed E-state index contributed by atoms with van der Waals surface area (Å²) in [4.78, 5) is 167. The maximum absolute atomic E-state index is 14.1. The Morgan fingerprint density at radius 1 is 0.528 bits per heavy atom. The fraction of sp³-hybridized carbons (Fsp3) is 0.698.